The van der Waals surface area contributed by atoms with E-state index in [1.54, 1.807) is 0 Å². The van der Waals surface area contributed by atoms with Crippen LogP contribution in [0.3, 0.4) is 0 Å². The van der Waals surface area contributed by atoms with E-state index < -0.39 is 49.4 Å². The lowest BCUT2D eigenvalue weighted by molar-refractivity contribution is -0.305. The Balaban J connectivity index is 2.38. The van der Waals surface area contributed by atoms with Crippen molar-refractivity contribution in [3.05, 3.63) is 0 Å². The highest BCUT2D eigenvalue weighted by Gasteiger charge is 2.44. The van der Waals surface area contributed by atoms with Gasteiger partial charge in [0.05, 0.1) is 13.2 Å². The molecule has 1 aliphatic rings. The number of aliphatic hydroxyl groups excluding tert-OH is 4. The monoisotopic (exact) mass is 646 g/mol. The maximum Gasteiger partial charge on any atom is 0.306 e. The van der Waals surface area contributed by atoms with Crippen LogP contribution in [0.25, 0.3) is 0 Å². The largest absolute Gasteiger partial charge is 0.462 e. The summed E-state index contributed by atoms with van der Waals surface area (Å²) in [5.41, 5.74) is 0. The summed E-state index contributed by atoms with van der Waals surface area (Å²) in [7, 11) is 0. The molecule has 1 aliphatic heterocycles. The molecule has 266 valence electrons. The zero-order valence-corrected chi connectivity index (χ0v) is 28.4. The topological polar surface area (TPSA) is 152 Å². The Kier molecular flexibility index (Phi) is 25.8. The van der Waals surface area contributed by atoms with Gasteiger partial charge < -0.3 is 39.4 Å². The molecule has 10 nitrogen and oxygen atoms in total. The summed E-state index contributed by atoms with van der Waals surface area (Å²) in [4.78, 5) is 25.0. The van der Waals surface area contributed by atoms with Crippen LogP contribution in [0.2, 0.25) is 0 Å². The van der Waals surface area contributed by atoms with Crippen LogP contribution in [-0.2, 0) is 28.5 Å². The maximum atomic E-state index is 12.5. The predicted molar refractivity (Wildman–Crippen MR) is 173 cm³/mol. The molecule has 0 saturated carbocycles. The Labute approximate surface area is 272 Å². The molecule has 1 fully saturated rings. The van der Waals surface area contributed by atoms with Crippen molar-refractivity contribution in [2.45, 2.75) is 192 Å². The van der Waals surface area contributed by atoms with E-state index in [0.29, 0.717) is 6.42 Å². The van der Waals surface area contributed by atoms with Crippen molar-refractivity contribution in [3.63, 3.8) is 0 Å². The van der Waals surface area contributed by atoms with Crippen molar-refractivity contribution in [1.29, 1.82) is 0 Å². The van der Waals surface area contributed by atoms with E-state index in [9.17, 15) is 30.0 Å². The highest BCUT2D eigenvalue weighted by Crippen LogP contribution is 2.22. The van der Waals surface area contributed by atoms with Crippen molar-refractivity contribution in [2.24, 2.45) is 0 Å². The first-order valence-electron chi connectivity index (χ1n) is 18.1. The second kappa shape index (κ2) is 27.8. The van der Waals surface area contributed by atoms with Crippen LogP contribution in [0, 0.1) is 0 Å². The smallest absolute Gasteiger partial charge is 0.306 e. The molecule has 0 amide bonds. The van der Waals surface area contributed by atoms with Crippen LogP contribution in [0.5, 0.6) is 0 Å². The fourth-order valence-corrected chi connectivity index (χ4v) is 5.54. The van der Waals surface area contributed by atoms with E-state index in [-0.39, 0.29) is 32.0 Å². The van der Waals surface area contributed by atoms with E-state index in [0.717, 1.165) is 38.5 Å². The van der Waals surface area contributed by atoms with E-state index in [1.807, 2.05) is 0 Å². The molecule has 0 aromatic rings. The lowest BCUT2D eigenvalue weighted by Crippen LogP contribution is -2.59. The van der Waals surface area contributed by atoms with Crippen LogP contribution in [0.15, 0.2) is 0 Å². The van der Waals surface area contributed by atoms with Gasteiger partial charge in [-0.25, -0.2) is 0 Å². The quantitative estimate of drug-likeness (QED) is 0.0573. The van der Waals surface area contributed by atoms with Gasteiger partial charge in [0, 0.05) is 12.8 Å². The maximum absolute atomic E-state index is 12.5. The van der Waals surface area contributed by atoms with Gasteiger partial charge in [0.2, 0.25) is 0 Å². The summed E-state index contributed by atoms with van der Waals surface area (Å²) >= 11 is 0. The molecular weight excluding hydrogens is 580 g/mol. The van der Waals surface area contributed by atoms with Gasteiger partial charge in [-0.05, 0) is 12.8 Å². The van der Waals surface area contributed by atoms with Crippen LogP contribution in [-0.4, -0.2) is 89.0 Å². The number of esters is 2. The minimum atomic E-state index is -1.59. The third-order valence-electron chi connectivity index (χ3n) is 8.49. The zero-order chi connectivity index (χ0) is 33.1. The van der Waals surface area contributed by atoms with Crippen molar-refractivity contribution >= 4 is 11.9 Å². The normalized spacial score (nSPS) is 22.3. The molecule has 1 heterocycles. The fraction of sp³-hybridized carbons (Fsp3) is 0.943. The molecule has 0 aromatic heterocycles. The van der Waals surface area contributed by atoms with Crippen LogP contribution >= 0.6 is 0 Å². The third-order valence-corrected chi connectivity index (χ3v) is 8.49. The first-order chi connectivity index (χ1) is 21.8. The van der Waals surface area contributed by atoms with Crippen molar-refractivity contribution < 1.29 is 49.0 Å². The first kappa shape index (κ1) is 41.7. The Hall–Kier alpha value is -1.30. The fourth-order valence-electron chi connectivity index (χ4n) is 5.54. The van der Waals surface area contributed by atoms with Gasteiger partial charge in [0.15, 0.2) is 12.4 Å². The molecule has 10 heteroatoms. The minimum Gasteiger partial charge on any atom is -0.462 e. The number of hydrogen-bond donors (Lipinski definition) is 4. The number of unbranched alkanes of at least 4 members (excludes halogenated alkanes) is 18. The van der Waals surface area contributed by atoms with E-state index >= 15 is 0 Å². The molecule has 0 spiro atoms. The first-order valence-corrected chi connectivity index (χ1v) is 18.1. The second-order valence-electron chi connectivity index (χ2n) is 12.7. The second-order valence-corrected chi connectivity index (χ2v) is 12.7. The molecule has 45 heavy (non-hydrogen) atoms. The SMILES string of the molecule is CCCCCCCCCCCCCCCC(=O)OC[C@H](CO[C@@H]1O[C@H](CO)[C@H](O)C(O)C1O)OC(=O)CCCCCCCCC. The molecule has 1 saturated heterocycles. The lowest BCUT2D eigenvalue weighted by Gasteiger charge is -2.39. The van der Waals surface area contributed by atoms with E-state index in [4.69, 9.17) is 18.9 Å². The van der Waals surface area contributed by atoms with Gasteiger partial charge in [0.1, 0.15) is 31.0 Å². The van der Waals surface area contributed by atoms with Gasteiger partial charge in [-0.2, -0.15) is 0 Å². The lowest BCUT2D eigenvalue weighted by atomic mass is 9.99. The highest BCUT2D eigenvalue weighted by molar-refractivity contribution is 5.70. The highest BCUT2D eigenvalue weighted by atomic mass is 16.7. The summed E-state index contributed by atoms with van der Waals surface area (Å²) in [6, 6.07) is 0. The van der Waals surface area contributed by atoms with Crippen LogP contribution in [0.1, 0.15) is 155 Å². The molecule has 0 bridgehead atoms. The Bertz CT molecular complexity index is 719. The number of rotatable bonds is 29. The summed E-state index contributed by atoms with van der Waals surface area (Å²) in [6.45, 7) is 3.35. The Morgan fingerprint density at radius 1 is 0.600 bits per heavy atom. The molecular formula is C35H66O10. The molecule has 1 rings (SSSR count). The summed E-state index contributed by atoms with van der Waals surface area (Å²) in [5.74, 6) is -0.808. The van der Waals surface area contributed by atoms with Gasteiger partial charge in [-0.3, -0.25) is 9.59 Å². The molecule has 4 N–H and O–H groups in total. The van der Waals surface area contributed by atoms with E-state index in [1.165, 1.54) is 83.5 Å². The van der Waals surface area contributed by atoms with Gasteiger partial charge in [0.25, 0.3) is 0 Å². The minimum absolute atomic E-state index is 0.211. The molecule has 6 atom stereocenters. The van der Waals surface area contributed by atoms with Crippen molar-refractivity contribution in [1.82, 2.24) is 0 Å². The third kappa shape index (κ3) is 20.5. The predicted octanol–water partition coefficient (Wildman–Crippen LogP) is 5.88. The molecule has 0 aliphatic carbocycles. The molecule has 0 aromatic carbocycles. The summed E-state index contributed by atoms with van der Waals surface area (Å²) < 4.78 is 21.9. The van der Waals surface area contributed by atoms with Gasteiger partial charge in [-0.1, -0.05) is 129 Å². The summed E-state index contributed by atoms with van der Waals surface area (Å²) in [5, 5.41) is 39.7. The standard InChI is InChI=1S/C35H66O10/c1-3-5-7-9-11-12-13-14-15-16-18-19-21-23-30(37)42-26-28(44-31(38)24-22-20-17-10-8-6-4-2)27-43-35-34(41)33(40)32(39)29(25-36)45-35/h28-29,32-36,39-41H,3-27H2,1-2H3/t28-,29-,32+,33?,34?,35-/m1/s1. The number of ether oxygens (including phenoxy) is 4. The average molecular weight is 647 g/mol. The zero-order valence-electron chi connectivity index (χ0n) is 28.4. The van der Waals surface area contributed by atoms with Gasteiger partial charge >= 0.3 is 11.9 Å². The van der Waals surface area contributed by atoms with Crippen molar-refractivity contribution in [2.75, 3.05) is 19.8 Å². The Morgan fingerprint density at radius 3 is 1.51 bits per heavy atom. The average Bonchev–Trinajstić information content (AvgIpc) is 3.03. The molecule has 2 unspecified atom stereocenters. The summed E-state index contributed by atoms with van der Waals surface area (Å²) in [6.07, 6.45) is 15.7. The Morgan fingerprint density at radius 2 is 1.04 bits per heavy atom. The van der Waals surface area contributed by atoms with Crippen molar-refractivity contribution in [3.8, 4) is 0 Å². The van der Waals surface area contributed by atoms with E-state index in [2.05, 4.69) is 13.8 Å². The molecule has 0 radical (unpaired) electrons. The number of aliphatic hydroxyl groups is 4. The van der Waals surface area contributed by atoms with Gasteiger partial charge in [-0.15, -0.1) is 0 Å². The number of carbonyl (C=O) groups is 2. The number of hydrogen-bond acceptors (Lipinski definition) is 10. The van der Waals surface area contributed by atoms with Crippen LogP contribution in [0.4, 0.5) is 0 Å². The number of carbonyl (C=O) groups excluding carboxylic acids is 2. The van der Waals surface area contributed by atoms with Crippen LogP contribution < -0.4 is 0 Å².